The zero-order valence-corrected chi connectivity index (χ0v) is 16.1. The van der Waals surface area contributed by atoms with Gasteiger partial charge in [-0.1, -0.05) is 0 Å². The Kier molecular flexibility index (Phi) is 11.8. The molecule has 100 valence electrons. The molecule has 0 aliphatic rings. The Morgan fingerprint density at radius 1 is 0.765 bits per heavy atom. The molecular weight excluding hydrogens is 401 g/mol. The van der Waals surface area contributed by atoms with Crippen molar-refractivity contribution >= 4 is 21.2 Å². The van der Waals surface area contributed by atoms with Crippen LogP contribution in [0.15, 0.2) is 0 Å². The summed E-state index contributed by atoms with van der Waals surface area (Å²) in [6, 6.07) is 2.41. The van der Waals surface area contributed by atoms with Gasteiger partial charge in [-0.2, -0.15) is 0 Å². The van der Waals surface area contributed by atoms with Crippen molar-refractivity contribution in [2.24, 2.45) is 0 Å². The first kappa shape index (κ1) is 17.4. The molecule has 17 heavy (non-hydrogen) atoms. The quantitative estimate of drug-likeness (QED) is 0.381. The zero-order valence-electron chi connectivity index (χ0n) is 12.2. The van der Waals surface area contributed by atoms with Crippen molar-refractivity contribution in [2.45, 2.75) is 81.6 Å². The van der Waals surface area contributed by atoms with Gasteiger partial charge in [-0.15, -0.1) is 0 Å². The molecule has 1 nitrogen and oxygen atoms in total. The minimum atomic E-state index is -2.05. The SMILES string of the molecule is CCC[CH2][Pb]([CH2]CC#N)([CH2]CCC)[CH2]CCC. The van der Waals surface area contributed by atoms with E-state index in [1.807, 2.05) is 0 Å². The summed E-state index contributed by atoms with van der Waals surface area (Å²) in [5, 5.41) is 8.89. The topological polar surface area (TPSA) is 23.8 Å². The van der Waals surface area contributed by atoms with Crippen molar-refractivity contribution in [1.82, 2.24) is 0 Å². The monoisotopic (exact) mass is 433 g/mol. The van der Waals surface area contributed by atoms with E-state index < -0.39 is 21.2 Å². The molecule has 0 N–H and O–H groups in total. The van der Waals surface area contributed by atoms with Crippen LogP contribution in [0.3, 0.4) is 0 Å². The van der Waals surface area contributed by atoms with Gasteiger partial charge in [0.25, 0.3) is 0 Å². The van der Waals surface area contributed by atoms with Crippen LogP contribution in [0.2, 0.25) is 15.9 Å². The van der Waals surface area contributed by atoms with Gasteiger partial charge >= 0.3 is 114 Å². The Morgan fingerprint density at radius 3 is 1.47 bits per heavy atom. The van der Waals surface area contributed by atoms with Crippen molar-refractivity contribution < 1.29 is 0 Å². The van der Waals surface area contributed by atoms with Gasteiger partial charge in [0, 0.05) is 0 Å². The Balaban J connectivity index is 4.46. The van der Waals surface area contributed by atoms with E-state index in [9.17, 15) is 0 Å². The molecule has 0 rings (SSSR count). The Bertz CT molecular complexity index is 186. The van der Waals surface area contributed by atoms with Gasteiger partial charge in [0.15, 0.2) is 0 Å². The standard InChI is InChI=1S/3C4H9.C3H4N.Pb/c3*1-3-4-2;1-2-3-4;/h3*1,3-4H2,2H3;1-2H2;. The normalized spacial score (nSPS) is 11.4. The fourth-order valence-electron chi connectivity index (χ4n) is 2.73. The van der Waals surface area contributed by atoms with Gasteiger partial charge < -0.3 is 0 Å². The van der Waals surface area contributed by atoms with Crippen molar-refractivity contribution in [1.29, 1.82) is 5.26 Å². The molecule has 0 spiro atoms. The Labute approximate surface area is 114 Å². The summed E-state index contributed by atoms with van der Waals surface area (Å²) in [6.07, 6.45) is 9.16. The van der Waals surface area contributed by atoms with E-state index in [1.54, 1.807) is 11.9 Å². The van der Waals surface area contributed by atoms with E-state index in [0.717, 1.165) is 6.42 Å². The number of hydrogen-bond donors (Lipinski definition) is 0. The fourth-order valence-corrected chi connectivity index (χ4v) is 23.9. The summed E-state index contributed by atoms with van der Waals surface area (Å²) in [7, 11) is 0. The summed E-state index contributed by atoms with van der Waals surface area (Å²) >= 11 is -2.05. The Morgan fingerprint density at radius 2 is 1.18 bits per heavy atom. The van der Waals surface area contributed by atoms with Crippen LogP contribution >= 0.6 is 0 Å². The molecule has 0 atom stereocenters. The second kappa shape index (κ2) is 11.5. The third-order valence-corrected chi connectivity index (χ3v) is 25.5. The van der Waals surface area contributed by atoms with Crippen LogP contribution in [0.4, 0.5) is 0 Å². The maximum absolute atomic E-state index is 8.89. The summed E-state index contributed by atoms with van der Waals surface area (Å²) in [5.41, 5.74) is 0. The molecule has 0 radical (unpaired) electrons. The van der Waals surface area contributed by atoms with Crippen LogP contribution in [0.1, 0.15) is 65.7 Å². The predicted octanol–water partition coefficient (Wildman–Crippen LogP) is 5.75. The number of nitriles is 1. The van der Waals surface area contributed by atoms with Crippen molar-refractivity contribution in [3.05, 3.63) is 0 Å². The van der Waals surface area contributed by atoms with Gasteiger partial charge in [-0.05, 0) is 0 Å². The fraction of sp³-hybridized carbons (Fsp3) is 0.933. The molecule has 0 fully saturated rings. The van der Waals surface area contributed by atoms with Gasteiger partial charge in [0.2, 0.25) is 0 Å². The molecule has 0 saturated heterocycles. The van der Waals surface area contributed by atoms with Crippen molar-refractivity contribution in [2.75, 3.05) is 0 Å². The van der Waals surface area contributed by atoms with Crippen molar-refractivity contribution in [3.63, 3.8) is 0 Å². The van der Waals surface area contributed by atoms with Crippen LogP contribution in [-0.2, 0) is 0 Å². The van der Waals surface area contributed by atoms with Crippen LogP contribution < -0.4 is 0 Å². The van der Waals surface area contributed by atoms with Crippen LogP contribution in [0.25, 0.3) is 0 Å². The summed E-state index contributed by atoms with van der Waals surface area (Å²) in [6.45, 7) is 6.92. The number of unbranched alkanes of at least 4 members (excludes halogenated alkanes) is 3. The molecule has 2 heteroatoms. The average molecular weight is 433 g/mol. The van der Waals surface area contributed by atoms with E-state index in [4.69, 9.17) is 5.26 Å². The molecule has 0 aliphatic heterocycles. The van der Waals surface area contributed by atoms with E-state index in [2.05, 4.69) is 26.8 Å². The van der Waals surface area contributed by atoms with E-state index >= 15 is 0 Å². The van der Waals surface area contributed by atoms with Gasteiger partial charge in [-0.3, -0.25) is 0 Å². The van der Waals surface area contributed by atoms with Gasteiger partial charge in [-0.25, -0.2) is 0 Å². The van der Waals surface area contributed by atoms with Crippen LogP contribution in [0.5, 0.6) is 0 Å². The van der Waals surface area contributed by atoms with Crippen LogP contribution in [-0.4, -0.2) is 21.2 Å². The molecule has 0 aliphatic carbocycles. The average Bonchev–Trinajstić information content (AvgIpc) is 2.37. The minimum absolute atomic E-state index is 0.846. The third kappa shape index (κ3) is 8.18. The zero-order chi connectivity index (χ0) is 13.0. The van der Waals surface area contributed by atoms with Crippen molar-refractivity contribution in [3.8, 4) is 6.07 Å². The number of rotatable bonds is 11. The molecule has 0 aromatic heterocycles. The molecule has 0 amide bonds. The second-order valence-corrected chi connectivity index (χ2v) is 24.9. The first-order valence-corrected chi connectivity index (χ1v) is 18.6. The first-order valence-electron chi connectivity index (χ1n) is 7.61. The second-order valence-electron chi connectivity index (χ2n) is 5.47. The molecule has 0 aromatic rings. The molecule has 0 aromatic carbocycles. The van der Waals surface area contributed by atoms with E-state index in [1.165, 1.54) is 42.5 Å². The Hall–Kier alpha value is 0.412. The van der Waals surface area contributed by atoms with Crippen LogP contribution in [0, 0.1) is 11.3 Å². The van der Waals surface area contributed by atoms with Gasteiger partial charge in [0.1, 0.15) is 0 Å². The summed E-state index contributed by atoms with van der Waals surface area (Å²) in [4.78, 5) is 0. The molecule has 0 unspecified atom stereocenters. The van der Waals surface area contributed by atoms with E-state index in [0.29, 0.717) is 0 Å². The van der Waals surface area contributed by atoms with Gasteiger partial charge in [0.05, 0.1) is 0 Å². The molecule has 0 saturated carbocycles. The number of nitrogens with zero attached hydrogens (tertiary/aromatic N) is 1. The third-order valence-electron chi connectivity index (χ3n) is 3.95. The molecule has 0 heterocycles. The predicted molar refractivity (Wildman–Crippen MR) is 79.9 cm³/mol. The first-order chi connectivity index (χ1) is 8.24. The number of hydrogen-bond acceptors (Lipinski definition) is 1. The molecule has 0 bridgehead atoms. The summed E-state index contributed by atoms with van der Waals surface area (Å²) < 4.78 is 6.03. The summed E-state index contributed by atoms with van der Waals surface area (Å²) in [5.74, 6) is 0. The maximum atomic E-state index is 8.89. The van der Waals surface area contributed by atoms with E-state index in [-0.39, 0.29) is 0 Å². The molecular formula is C15H31NPb.